The average molecular weight is 600 g/mol. The van der Waals surface area contributed by atoms with Crippen LogP contribution < -0.4 is 10.1 Å². The topological polar surface area (TPSA) is 58.6 Å². The molecule has 7 heteroatoms. The number of hydrogen-bond acceptors (Lipinski definition) is 3. The van der Waals surface area contributed by atoms with Crippen molar-refractivity contribution in [1.29, 1.82) is 0 Å². The van der Waals surface area contributed by atoms with Gasteiger partial charge in [0, 0.05) is 24.0 Å². The summed E-state index contributed by atoms with van der Waals surface area (Å²) in [5.74, 6) is 0.471. The zero-order valence-corrected chi connectivity index (χ0v) is 24.8. The van der Waals surface area contributed by atoms with Crippen LogP contribution in [0.15, 0.2) is 77.3 Å². The van der Waals surface area contributed by atoms with Gasteiger partial charge in [-0.15, -0.1) is 0 Å². The molecule has 38 heavy (non-hydrogen) atoms. The molecule has 0 unspecified atom stereocenters. The van der Waals surface area contributed by atoms with Gasteiger partial charge in [-0.3, -0.25) is 9.59 Å². The van der Waals surface area contributed by atoms with Crippen LogP contribution in [0.5, 0.6) is 5.75 Å². The Labute approximate surface area is 239 Å². The molecular formula is C31H36BrClN2O3. The Balaban J connectivity index is 1.91. The molecule has 0 aliphatic carbocycles. The molecule has 5 nitrogen and oxygen atoms in total. The van der Waals surface area contributed by atoms with E-state index in [4.69, 9.17) is 16.3 Å². The number of carbonyl (C=O) groups is 2. The maximum absolute atomic E-state index is 13.8. The zero-order valence-electron chi connectivity index (χ0n) is 22.4. The van der Waals surface area contributed by atoms with Crippen molar-refractivity contribution in [2.75, 3.05) is 6.61 Å². The highest BCUT2D eigenvalue weighted by Gasteiger charge is 2.31. The highest BCUT2D eigenvalue weighted by molar-refractivity contribution is 9.10. The smallest absolute Gasteiger partial charge is 0.261 e. The van der Waals surface area contributed by atoms with Crippen LogP contribution in [0.4, 0.5) is 0 Å². The molecule has 0 saturated heterocycles. The van der Waals surface area contributed by atoms with Gasteiger partial charge in [-0.2, -0.15) is 0 Å². The van der Waals surface area contributed by atoms with E-state index in [9.17, 15) is 9.59 Å². The summed E-state index contributed by atoms with van der Waals surface area (Å²) in [6.07, 6.45) is 1.16. The summed E-state index contributed by atoms with van der Waals surface area (Å²) in [4.78, 5) is 28.9. The van der Waals surface area contributed by atoms with E-state index in [-0.39, 0.29) is 31.0 Å². The molecule has 0 spiro atoms. The van der Waals surface area contributed by atoms with Gasteiger partial charge >= 0.3 is 0 Å². The van der Waals surface area contributed by atoms with Crippen molar-refractivity contribution in [3.63, 3.8) is 0 Å². The first kappa shape index (κ1) is 29.7. The summed E-state index contributed by atoms with van der Waals surface area (Å²) < 4.78 is 6.75. The summed E-state index contributed by atoms with van der Waals surface area (Å²) in [6.45, 7) is 8.24. The van der Waals surface area contributed by atoms with Crippen LogP contribution in [0.2, 0.25) is 5.02 Å². The summed E-state index contributed by atoms with van der Waals surface area (Å²) in [5, 5.41) is 3.65. The second-order valence-corrected chi connectivity index (χ2v) is 11.1. The lowest BCUT2D eigenvalue weighted by Gasteiger charge is -2.32. The molecule has 3 aromatic rings. The van der Waals surface area contributed by atoms with Crippen LogP contribution in [-0.4, -0.2) is 35.4 Å². The second kappa shape index (κ2) is 14.4. The fourth-order valence-electron chi connectivity index (χ4n) is 4.04. The van der Waals surface area contributed by atoms with Crippen LogP contribution in [0, 0.1) is 0 Å². The molecule has 0 saturated carbocycles. The number of nitrogens with one attached hydrogen (secondary N) is 1. The van der Waals surface area contributed by atoms with Gasteiger partial charge < -0.3 is 15.0 Å². The Hall–Kier alpha value is -2.83. The van der Waals surface area contributed by atoms with Gasteiger partial charge in [-0.05, 0) is 76.1 Å². The monoisotopic (exact) mass is 598 g/mol. The highest BCUT2D eigenvalue weighted by Crippen LogP contribution is 2.29. The Morgan fingerprint density at radius 3 is 2.32 bits per heavy atom. The molecule has 0 aliphatic rings. The van der Waals surface area contributed by atoms with Crippen molar-refractivity contribution in [2.24, 2.45) is 0 Å². The Morgan fingerprint density at radius 1 is 0.974 bits per heavy atom. The maximum atomic E-state index is 13.8. The summed E-state index contributed by atoms with van der Waals surface area (Å²) >= 11 is 9.82. The van der Waals surface area contributed by atoms with Gasteiger partial charge in [0.2, 0.25) is 5.91 Å². The first-order chi connectivity index (χ1) is 18.2. The van der Waals surface area contributed by atoms with Crippen molar-refractivity contribution in [1.82, 2.24) is 10.2 Å². The third kappa shape index (κ3) is 8.60. The van der Waals surface area contributed by atoms with Crippen molar-refractivity contribution >= 4 is 39.3 Å². The lowest BCUT2D eigenvalue weighted by Crippen LogP contribution is -2.53. The van der Waals surface area contributed by atoms with Crippen LogP contribution in [0.3, 0.4) is 0 Å². The number of carbonyl (C=O) groups excluding carboxylic acids is 2. The predicted molar refractivity (Wildman–Crippen MR) is 158 cm³/mol. The number of nitrogens with zero attached hydrogens (tertiary/aromatic N) is 1. The van der Waals surface area contributed by atoms with Crippen LogP contribution in [-0.2, 0) is 22.6 Å². The fraction of sp³-hybridized carbons (Fsp3) is 0.355. The van der Waals surface area contributed by atoms with Gasteiger partial charge in [-0.1, -0.05) is 80.9 Å². The van der Waals surface area contributed by atoms with Crippen LogP contribution in [0.1, 0.15) is 56.7 Å². The molecule has 0 fully saturated rings. The van der Waals surface area contributed by atoms with Crippen LogP contribution >= 0.6 is 27.5 Å². The molecule has 202 valence electrons. The normalized spacial score (nSPS) is 12.6. The molecule has 0 radical (unpaired) electrons. The van der Waals surface area contributed by atoms with E-state index in [1.807, 2.05) is 80.6 Å². The van der Waals surface area contributed by atoms with E-state index < -0.39 is 6.04 Å². The largest absolute Gasteiger partial charge is 0.483 e. The van der Waals surface area contributed by atoms with Gasteiger partial charge in [0.15, 0.2) is 6.61 Å². The van der Waals surface area contributed by atoms with Gasteiger partial charge in [0.25, 0.3) is 5.91 Å². The highest BCUT2D eigenvalue weighted by atomic mass is 79.9. The van der Waals surface area contributed by atoms with Crippen molar-refractivity contribution < 1.29 is 14.3 Å². The van der Waals surface area contributed by atoms with Gasteiger partial charge in [-0.25, -0.2) is 0 Å². The molecule has 2 amide bonds. The molecule has 0 heterocycles. The number of rotatable bonds is 12. The minimum atomic E-state index is -0.728. The second-order valence-electron chi connectivity index (χ2n) is 9.81. The molecule has 3 aromatic carbocycles. The Kier molecular flexibility index (Phi) is 11.2. The third-order valence-electron chi connectivity index (χ3n) is 6.49. The van der Waals surface area contributed by atoms with E-state index in [0.717, 1.165) is 22.0 Å². The van der Waals surface area contributed by atoms with E-state index in [0.29, 0.717) is 23.1 Å². The molecular weight excluding hydrogens is 564 g/mol. The molecule has 0 aliphatic heterocycles. The SMILES string of the molecule is CC[C@@H](C)NC(=O)[C@@H](Cc1ccccc1)N(Cc1cccc(Cl)c1)C(=O)COc1ccc(C(C)C)cc1Br. The Bertz CT molecular complexity index is 1220. The van der Waals surface area contributed by atoms with Crippen molar-refractivity contribution in [3.8, 4) is 5.75 Å². The van der Waals surface area contributed by atoms with Crippen molar-refractivity contribution in [2.45, 2.75) is 65.1 Å². The number of amides is 2. The fourth-order valence-corrected chi connectivity index (χ4v) is 4.77. The standard InChI is InChI=1S/C31H36BrClN2O3/c1-5-22(4)34-31(37)28(17-23-10-7-6-8-11-23)35(19-24-12-9-13-26(33)16-24)30(36)20-38-29-15-14-25(21(2)3)18-27(29)32/h6-16,18,21-22,28H,5,17,19-20H2,1-4H3,(H,34,37)/t22-,28-/m1/s1. The first-order valence-electron chi connectivity index (χ1n) is 13.0. The molecule has 2 atom stereocenters. The first-order valence-corrected chi connectivity index (χ1v) is 14.2. The lowest BCUT2D eigenvalue weighted by atomic mass is 10.0. The number of ether oxygens (including phenoxy) is 1. The van der Waals surface area contributed by atoms with Gasteiger partial charge in [0.1, 0.15) is 11.8 Å². The summed E-state index contributed by atoms with van der Waals surface area (Å²) in [6, 6.07) is 22.2. The summed E-state index contributed by atoms with van der Waals surface area (Å²) in [7, 11) is 0. The third-order valence-corrected chi connectivity index (χ3v) is 7.34. The van der Waals surface area contributed by atoms with Gasteiger partial charge in [0.05, 0.1) is 4.47 Å². The number of halogens is 2. The van der Waals surface area contributed by atoms with Crippen molar-refractivity contribution in [3.05, 3.63) is 99.0 Å². The number of benzene rings is 3. The van der Waals surface area contributed by atoms with E-state index in [1.54, 1.807) is 11.0 Å². The average Bonchev–Trinajstić information content (AvgIpc) is 2.90. The quantitative estimate of drug-likeness (QED) is 0.240. The summed E-state index contributed by atoms with van der Waals surface area (Å²) in [5.41, 5.74) is 2.97. The van der Waals surface area contributed by atoms with E-state index in [1.165, 1.54) is 5.56 Å². The zero-order chi connectivity index (χ0) is 27.7. The lowest BCUT2D eigenvalue weighted by molar-refractivity contribution is -0.143. The molecule has 1 N–H and O–H groups in total. The van der Waals surface area contributed by atoms with E-state index >= 15 is 0 Å². The Morgan fingerprint density at radius 2 is 1.68 bits per heavy atom. The molecule has 3 rings (SSSR count). The maximum Gasteiger partial charge on any atom is 0.261 e. The molecule has 0 bridgehead atoms. The predicted octanol–water partition coefficient (Wildman–Crippen LogP) is 7.16. The van der Waals surface area contributed by atoms with Crippen LogP contribution in [0.25, 0.3) is 0 Å². The van der Waals surface area contributed by atoms with E-state index in [2.05, 4.69) is 35.1 Å². The minimum absolute atomic E-state index is 0.0180. The molecule has 0 aromatic heterocycles. The minimum Gasteiger partial charge on any atom is -0.483 e. The number of hydrogen-bond donors (Lipinski definition) is 1.